The lowest BCUT2D eigenvalue weighted by Gasteiger charge is -2.19. The Morgan fingerprint density at radius 2 is 1.83 bits per heavy atom. The largest absolute Gasteiger partial charge is 0.325 e. The highest BCUT2D eigenvalue weighted by Crippen LogP contribution is 2.37. The van der Waals surface area contributed by atoms with Crippen LogP contribution in [0, 0.1) is 11.8 Å². The number of carbonyl (C=O) groups is 3. The minimum absolute atomic E-state index is 0.230. The number of aryl methyl sites for hydroxylation is 1. The normalized spacial score (nSPS) is 20.9. The Morgan fingerprint density at radius 3 is 2.50 bits per heavy atom. The van der Waals surface area contributed by atoms with Crippen molar-refractivity contribution < 1.29 is 14.4 Å². The van der Waals surface area contributed by atoms with E-state index >= 15 is 0 Å². The molecular formula is C22H24N4O4. The fraction of sp³-hybridized carbons (Fsp3) is 0.409. The molecule has 2 atom stereocenters. The summed E-state index contributed by atoms with van der Waals surface area (Å²) in [6, 6.07) is 8.38. The van der Waals surface area contributed by atoms with Crippen LogP contribution in [0.1, 0.15) is 38.3 Å². The summed E-state index contributed by atoms with van der Waals surface area (Å²) in [6.45, 7) is 1.63. The summed E-state index contributed by atoms with van der Waals surface area (Å²) in [5.41, 5.74) is 1.59. The van der Waals surface area contributed by atoms with Gasteiger partial charge in [-0.05, 0) is 31.4 Å². The lowest BCUT2D eigenvalue weighted by atomic mass is 9.81. The van der Waals surface area contributed by atoms with Gasteiger partial charge in [-0.2, -0.15) is 0 Å². The fourth-order valence-corrected chi connectivity index (χ4v) is 4.30. The van der Waals surface area contributed by atoms with Crippen LogP contribution in [0.25, 0.3) is 11.4 Å². The number of likely N-dealkylation sites (tertiary alicyclic amines) is 1. The number of aromatic amines is 1. The van der Waals surface area contributed by atoms with E-state index < -0.39 is 5.91 Å². The number of carbonyl (C=O) groups excluding carboxylic acids is 3. The molecule has 1 saturated heterocycles. The van der Waals surface area contributed by atoms with Gasteiger partial charge < -0.3 is 10.3 Å². The molecule has 2 aliphatic rings. The van der Waals surface area contributed by atoms with Crippen molar-refractivity contribution in [2.75, 3.05) is 11.9 Å². The van der Waals surface area contributed by atoms with E-state index in [4.69, 9.17) is 0 Å². The third-order valence-corrected chi connectivity index (χ3v) is 5.81. The summed E-state index contributed by atoms with van der Waals surface area (Å²) in [7, 11) is 0. The molecule has 1 saturated carbocycles. The molecule has 4 rings (SSSR count). The number of hydrogen-bond acceptors (Lipinski definition) is 5. The topological polar surface area (TPSA) is 112 Å². The second-order valence-corrected chi connectivity index (χ2v) is 7.83. The summed E-state index contributed by atoms with van der Waals surface area (Å²) in [4.78, 5) is 57.7. The van der Waals surface area contributed by atoms with E-state index in [2.05, 4.69) is 15.3 Å². The molecule has 8 heteroatoms. The number of rotatable bonds is 5. The Bertz CT molecular complexity index is 1040. The second-order valence-electron chi connectivity index (χ2n) is 7.83. The van der Waals surface area contributed by atoms with E-state index in [0.717, 1.165) is 30.6 Å². The zero-order valence-electron chi connectivity index (χ0n) is 16.8. The van der Waals surface area contributed by atoms with E-state index in [1.54, 1.807) is 24.3 Å². The van der Waals surface area contributed by atoms with Gasteiger partial charge in [0, 0.05) is 23.0 Å². The minimum Gasteiger partial charge on any atom is -0.325 e. The molecule has 1 aromatic carbocycles. The molecule has 1 aromatic heterocycles. The van der Waals surface area contributed by atoms with Crippen LogP contribution in [0.3, 0.4) is 0 Å². The summed E-state index contributed by atoms with van der Waals surface area (Å²) < 4.78 is 0. The lowest BCUT2D eigenvalue weighted by molar-refractivity contribution is -0.142. The quantitative estimate of drug-likeness (QED) is 0.736. The lowest BCUT2D eigenvalue weighted by Crippen LogP contribution is -2.38. The molecule has 3 amide bonds. The van der Waals surface area contributed by atoms with Gasteiger partial charge in [-0.3, -0.25) is 24.1 Å². The van der Waals surface area contributed by atoms with Gasteiger partial charge in [0.2, 0.25) is 17.7 Å². The smallest absolute Gasteiger partial charge is 0.251 e. The number of nitrogens with zero attached hydrogens (tertiary/aromatic N) is 2. The zero-order valence-corrected chi connectivity index (χ0v) is 16.8. The first-order valence-corrected chi connectivity index (χ1v) is 10.3. The average molecular weight is 408 g/mol. The summed E-state index contributed by atoms with van der Waals surface area (Å²) in [5, 5.41) is 2.74. The molecule has 2 fully saturated rings. The molecule has 2 heterocycles. The van der Waals surface area contributed by atoms with Crippen LogP contribution in [-0.4, -0.2) is 39.1 Å². The molecule has 0 bridgehead atoms. The maximum atomic E-state index is 12.6. The molecular weight excluding hydrogens is 384 g/mol. The van der Waals surface area contributed by atoms with Crippen LogP contribution in [0.15, 0.2) is 35.1 Å². The first-order valence-electron chi connectivity index (χ1n) is 10.3. The van der Waals surface area contributed by atoms with E-state index in [0.29, 0.717) is 29.2 Å². The number of fused-ring (bicyclic) bond motifs is 1. The molecule has 1 aliphatic heterocycles. The van der Waals surface area contributed by atoms with Gasteiger partial charge in [0.05, 0.1) is 11.8 Å². The predicted molar refractivity (Wildman–Crippen MR) is 110 cm³/mol. The molecule has 30 heavy (non-hydrogen) atoms. The first kappa shape index (κ1) is 20.0. The number of amides is 3. The molecule has 8 nitrogen and oxygen atoms in total. The van der Waals surface area contributed by atoms with Crippen LogP contribution in [0.5, 0.6) is 0 Å². The monoisotopic (exact) mass is 408 g/mol. The molecule has 0 spiro atoms. The zero-order chi connectivity index (χ0) is 21.3. The van der Waals surface area contributed by atoms with E-state index in [1.807, 2.05) is 6.92 Å². The summed E-state index contributed by atoms with van der Waals surface area (Å²) in [5.74, 6) is -1.01. The van der Waals surface area contributed by atoms with Crippen molar-refractivity contribution in [3.05, 3.63) is 46.4 Å². The average Bonchev–Trinajstić information content (AvgIpc) is 2.98. The number of imide groups is 1. The fourth-order valence-electron chi connectivity index (χ4n) is 4.30. The van der Waals surface area contributed by atoms with Crippen molar-refractivity contribution in [2.45, 2.75) is 39.0 Å². The Hall–Kier alpha value is -3.29. The molecule has 0 radical (unpaired) electrons. The van der Waals surface area contributed by atoms with Gasteiger partial charge in [-0.25, -0.2) is 4.98 Å². The van der Waals surface area contributed by atoms with Gasteiger partial charge in [-0.1, -0.05) is 31.9 Å². The minimum atomic E-state index is -0.434. The molecule has 1 aliphatic carbocycles. The highest BCUT2D eigenvalue weighted by atomic mass is 16.2. The van der Waals surface area contributed by atoms with Crippen molar-refractivity contribution in [3.8, 4) is 11.4 Å². The maximum absolute atomic E-state index is 12.6. The Kier molecular flexibility index (Phi) is 5.48. The third kappa shape index (κ3) is 3.90. The van der Waals surface area contributed by atoms with Crippen LogP contribution in [0.4, 0.5) is 5.69 Å². The van der Waals surface area contributed by atoms with Crippen molar-refractivity contribution in [1.29, 1.82) is 0 Å². The van der Waals surface area contributed by atoms with Gasteiger partial charge in [0.25, 0.3) is 5.56 Å². The van der Waals surface area contributed by atoms with Gasteiger partial charge in [0.15, 0.2) is 0 Å². The highest BCUT2D eigenvalue weighted by molar-refractivity contribution is 6.08. The number of anilines is 1. The Morgan fingerprint density at radius 1 is 1.13 bits per heavy atom. The van der Waals surface area contributed by atoms with Crippen LogP contribution < -0.4 is 10.9 Å². The van der Waals surface area contributed by atoms with Crippen molar-refractivity contribution in [1.82, 2.24) is 14.9 Å². The number of benzene rings is 1. The van der Waals surface area contributed by atoms with Gasteiger partial charge in [-0.15, -0.1) is 0 Å². The molecule has 156 valence electrons. The molecule has 2 unspecified atom stereocenters. The summed E-state index contributed by atoms with van der Waals surface area (Å²) in [6.07, 6.45) is 3.97. The van der Waals surface area contributed by atoms with E-state index in [9.17, 15) is 19.2 Å². The second kappa shape index (κ2) is 8.22. The SMILES string of the molecule is CCc1cc(=O)[nH]c(-c2cccc(NC(=O)CN3C(=O)C4CCCCC4C3=O)c2)n1. The van der Waals surface area contributed by atoms with Crippen LogP contribution in [0.2, 0.25) is 0 Å². The van der Waals surface area contributed by atoms with Gasteiger partial charge >= 0.3 is 0 Å². The van der Waals surface area contributed by atoms with Crippen LogP contribution in [-0.2, 0) is 20.8 Å². The Labute approximate surface area is 173 Å². The van der Waals surface area contributed by atoms with E-state index in [1.165, 1.54) is 6.07 Å². The van der Waals surface area contributed by atoms with Crippen molar-refractivity contribution in [3.63, 3.8) is 0 Å². The van der Waals surface area contributed by atoms with Gasteiger partial charge in [0.1, 0.15) is 12.4 Å². The third-order valence-electron chi connectivity index (χ3n) is 5.81. The molecule has 2 aromatic rings. The standard InChI is InChI=1S/C22H24N4O4/c1-2-14-11-18(27)25-20(24-14)13-6-5-7-15(10-13)23-19(28)12-26-21(29)16-8-3-4-9-17(16)22(26)30/h5-7,10-11,16-17H,2-4,8-9,12H2,1H3,(H,23,28)(H,24,25,27). The highest BCUT2D eigenvalue weighted by Gasteiger charge is 2.48. The van der Waals surface area contributed by atoms with Crippen LogP contribution >= 0.6 is 0 Å². The Balaban J connectivity index is 1.47. The number of H-pyrrole nitrogens is 1. The molecule has 2 N–H and O–H groups in total. The predicted octanol–water partition coefficient (Wildman–Crippen LogP) is 2.11. The summed E-state index contributed by atoms with van der Waals surface area (Å²) >= 11 is 0. The first-order chi connectivity index (χ1) is 14.5. The number of hydrogen-bond donors (Lipinski definition) is 2. The maximum Gasteiger partial charge on any atom is 0.251 e. The number of nitrogens with one attached hydrogen (secondary N) is 2. The number of aromatic nitrogens is 2. The van der Waals surface area contributed by atoms with Crippen molar-refractivity contribution in [2.24, 2.45) is 11.8 Å². The van der Waals surface area contributed by atoms with E-state index in [-0.39, 0.29) is 35.8 Å². The van der Waals surface area contributed by atoms with Crippen molar-refractivity contribution >= 4 is 23.4 Å².